The van der Waals surface area contributed by atoms with E-state index in [1.54, 1.807) is 6.07 Å². The van der Waals surface area contributed by atoms with E-state index in [0.717, 1.165) is 18.5 Å². The number of halogens is 1. The van der Waals surface area contributed by atoms with Crippen LogP contribution in [0.15, 0.2) is 22.7 Å². The largest absolute Gasteiger partial charge is 0.478 e. The smallest absolute Gasteiger partial charge is 0.338 e. The van der Waals surface area contributed by atoms with Gasteiger partial charge in [0, 0.05) is 10.5 Å². The Kier molecular flexibility index (Phi) is 4.05. The molecule has 0 amide bonds. The molecule has 0 aliphatic heterocycles. The van der Waals surface area contributed by atoms with Gasteiger partial charge >= 0.3 is 5.97 Å². The van der Waals surface area contributed by atoms with E-state index >= 15 is 0 Å². The highest BCUT2D eigenvalue weighted by Gasteiger charge is 2.18. The monoisotopic (exact) mass is 297 g/mol. The summed E-state index contributed by atoms with van der Waals surface area (Å²) in [6, 6.07) is 5.87. The van der Waals surface area contributed by atoms with Gasteiger partial charge in [-0.25, -0.2) is 4.79 Å². The first-order valence-electron chi connectivity index (χ1n) is 5.97. The number of hydrogen-bond donors (Lipinski definition) is 2. The predicted molar refractivity (Wildman–Crippen MR) is 71.6 cm³/mol. The summed E-state index contributed by atoms with van der Waals surface area (Å²) in [4.78, 5) is 11.2. The number of aromatic carboxylic acids is 1. The molecule has 1 aromatic carbocycles. The first-order valence-corrected chi connectivity index (χ1v) is 6.76. The van der Waals surface area contributed by atoms with Crippen LogP contribution in [-0.2, 0) is 0 Å². The third kappa shape index (κ3) is 3.00. The molecule has 0 heterocycles. The van der Waals surface area contributed by atoms with E-state index in [0.29, 0.717) is 16.1 Å². The molecule has 1 fully saturated rings. The molecule has 1 saturated carbocycles. The molecule has 0 atom stereocenters. The van der Waals surface area contributed by atoms with Crippen molar-refractivity contribution >= 4 is 27.6 Å². The fourth-order valence-electron chi connectivity index (χ4n) is 2.33. The summed E-state index contributed by atoms with van der Waals surface area (Å²) >= 11 is 3.29. The highest BCUT2D eigenvalue weighted by Crippen LogP contribution is 2.28. The second-order valence-electron chi connectivity index (χ2n) is 4.45. The van der Waals surface area contributed by atoms with E-state index in [9.17, 15) is 9.90 Å². The van der Waals surface area contributed by atoms with Gasteiger partial charge in [0.05, 0.1) is 11.3 Å². The van der Waals surface area contributed by atoms with Gasteiger partial charge in [0.1, 0.15) is 0 Å². The van der Waals surface area contributed by atoms with Crippen LogP contribution < -0.4 is 5.32 Å². The molecule has 0 saturated heterocycles. The highest BCUT2D eigenvalue weighted by atomic mass is 79.9. The van der Waals surface area contributed by atoms with Gasteiger partial charge in [-0.3, -0.25) is 0 Å². The summed E-state index contributed by atoms with van der Waals surface area (Å²) in [6.45, 7) is 0. The number of anilines is 1. The van der Waals surface area contributed by atoms with Gasteiger partial charge in [0.2, 0.25) is 0 Å². The Morgan fingerprint density at radius 3 is 2.65 bits per heavy atom. The Labute approximate surface area is 109 Å². The van der Waals surface area contributed by atoms with Crippen LogP contribution >= 0.6 is 15.9 Å². The summed E-state index contributed by atoms with van der Waals surface area (Å²) in [6.07, 6.45) is 6.02. The number of benzene rings is 1. The van der Waals surface area contributed by atoms with E-state index in [1.165, 1.54) is 19.3 Å². The van der Waals surface area contributed by atoms with Gasteiger partial charge in [-0.1, -0.05) is 25.3 Å². The number of nitrogens with one attached hydrogen (secondary N) is 1. The fourth-order valence-corrected chi connectivity index (χ4v) is 2.86. The van der Waals surface area contributed by atoms with Crippen molar-refractivity contribution in [2.75, 3.05) is 5.32 Å². The molecule has 0 spiro atoms. The normalized spacial score (nSPS) is 16.8. The van der Waals surface area contributed by atoms with Crippen LogP contribution in [0.4, 0.5) is 5.69 Å². The summed E-state index contributed by atoms with van der Waals surface area (Å²) in [5.74, 6) is -0.893. The summed E-state index contributed by atoms with van der Waals surface area (Å²) in [7, 11) is 0. The Hall–Kier alpha value is -1.03. The van der Waals surface area contributed by atoms with E-state index in [-0.39, 0.29) is 0 Å². The molecule has 1 aromatic rings. The standard InChI is InChI=1S/C13H16BrNO2/c14-10-7-4-8-11(12(10)13(16)17)15-9-5-2-1-3-6-9/h4,7-9,15H,1-3,5-6H2,(H,16,17). The summed E-state index contributed by atoms with van der Waals surface area (Å²) < 4.78 is 0.630. The van der Waals surface area contributed by atoms with Crippen molar-refractivity contribution < 1.29 is 9.90 Å². The molecule has 2 rings (SSSR count). The van der Waals surface area contributed by atoms with E-state index in [4.69, 9.17) is 0 Å². The topological polar surface area (TPSA) is 49.3 Å². The Balaban J connectivity index is 2.19. The number of hydrogen-bond acceptors (Lipinski definition) is 2. The van der Waals surface area contributed by atoms with E-state index in [1.807, 2.05) is 12.1 Å². The number of carboxylic acid groups (broad SMARTS) is 1. The molecule has 0 aromatic heterocycles. The second-order valence-corrected chi connectivity index (χ2v) is 5.30. The van der Waals surface area contributed by atoms with Gasteiger partial charge in [-0.15, -0.1) is 0 Å². The van der Waals surface area contributed by atoms with Crippen LogP contribution in [0.1, 0.15) is 42.5 Å². The average Bonchev–Trinajstić information content (AvgIpc) is 2.30. The maximum Gasteiger partial charge on any atom is 0.338 e. The molecule has 92 valence electrons. The van der Waals surface area contributed by atoms with Crippen molar-refractivity contribution in [3.63, 3.8) is 0 Å². The number of rotatable bonds is 3. The number of carbonyl (C=O) groups is 1. The Morgan fingerprint density at radius 2 is 2.00 bits per heavy atom. The lowest BCUT2D eigenvalue weighted by molar-refractivity contribution is 0.0697. The zero-order valence-electron chi connectivity index (χ0n) is 9.58. The van der Waals surface area contributed by atoms with Crippen LogP contribution in [0.2, 0.25) is 0 Å². The fraction of sp³-hybridized carbons (Fsp3) is 0.462. The minimum absolute atomic E-state index is 0.332. The van der Waals surface area contributed by atoms with Gasteiger partial charge in [0.25, 0.3) is 0 Å². The minimum atomic E-state index is -0.893. The second kappa shape index (κ2) is 5.54. The van der Waals surface area contributed by atoms with Gasteiger partial charge in [-0.2, -0.15) is 0 Å². The molecule has 1 aliphatic carbocycles. The molecule has 0 radical (unpaired) electrons. The van der Waals surface area contributed by atoms with Crippen molar-refractivity contribution in [3.8, 4) is 0 Å². The molecule has 17 heavy (non-hydrogen) atoms. The van der Waals surface area contributed by atoms with E-state index in [2.05, 4.69) is 21.2 Å². The quantitative estimate of drug-likeness (QED) is 0.890. The predicted octanol–water partition coefficient (Wildman–Crippen LogP) is 3.89. The average molecular weight is 298 g/mol. The van der Waals surface area contributed by atoms with Crippen LogP contribution in [0.5, 0.6) is 0 Å². The van der Waals surface area contributed by atoms with Crippen molar-refractivity contribution in [2.45, 2.75) is 38.1 Å². The lowest BCUT2D eigenvalue weighted by Gasteiger charge is -2.24. The number of carboxylic acids is 1. The molecule has 0 unspecified atom stereocenters. The van der Waals surface area contributed by atoms with Crippen LogP contribution in [-0.4, -0.2) is 17.1 Å². The molecule has 4 heteroatoms. The summed E-state index contributed by atoms with van der Waals surface area (Å²) in [5.41, 5.74) is 1.05. The third-order valence-electron chi connectivity index (χ3n) is 3.19. The SMILES string of the molecule is O=C(O)c1c(Br)cccc1NC1CCCCC1. The summed E-state index contributed by atoms with van der Waals surface area (Å²) in [5, 5.41) is 12.6. The van der Waals surface area contributed by atoms with Crippen molar-refractivity contribution in [1.29, 1.82) is 0 Å². The maximum absolute atomic E-state index is 11.2. The lowest BCUT2D eigenvalue weighted by atomic mass is 9.95. The molecule has 3 nitrogen and oxygen atoms in total. The van der Waals surface area contributed by atoms with E-state index < -0.39 is 5.97 Å². The minimum Gasteiger partial charge on any atom is -0.478 e. The Morgan fingerprint density at radius 1 is 1.29 bits per heavy atom. The van der Waals surface area contributed by atoms with Crippen molar-refractivity contribution in [2.24, 2.45) is 0 Å². The van der Waals surface area contributed by atoms with Crippen LogP contribution in [0.3, 0.4) is 0 Å². The maximum atomic E-state index is 11.2. The van der Waals surface area contributed by atoms with Gasteiger partial charge in [-0.05, 0) is 40.9 Å². The first-order chi connectivity index (χ1) is 8.18. The van der Waals surface area contributed by atoms with Crippen LogP contribution in [0.25, 0.3) is 0 Å². The first kappa shape index (κ1) is 12.4. The third-order valence-corrected chi connectivity index (χ3v) is 3.85. The zero-order valence-corrected chi connectivity index (χ0v) is 11.2. The van der Waals surface area contributed by atoms with Crippen molar-refractivity contribution in [3.05, 3.63) is 28.2 Å². The van der Waals surface area contributed by atoms with Crippen LogP contribution in [0, 0.1) is 0 Å². The van der Waals surface area contributed by atoms with Gasteiger partial charge < -0.3 is 10.4 Å². The molecule has 1 aliphatic rings. The Bertz CT molecular complexity index is 414. The lowest BCUT2D eigenvalue weighted by Crippen LogP contribution is -2.23. The molecule has 2 N–H and O–H groups in total. The molecular formula is C13H16BrNO2. The molecule has 0 bridgehead atoms. The van der Waals surface area contributed by atoms with Crippen molar-refractivity contribution in [1.82, 2.24) is 0 Å². The van der Waals surface area contributed by atoms with Gasteiger partial charge in [0.15, 0.2) is 0 Å². The molecular weight excluding hydrogens is 282 g/mol. The highest BCUT2D eigenvalue weighted by molar-refractivity contribution is 9.10. The zero-order chi connectivity index (χ0) is 12.3.